The maximum absolute atomic E-state index is 13.1. The number of nitrogens with zero attached hydrogens (tertiary/aromatic N) is 2. The van der Waals surface area contributed by atoms with Crippen LogP contribution in [0.5, 0.6) is 0 Å². The molecule has 8 nitrogen and oxygen atoms in total. The van der Waals surface area contributed by atoms with Gasteiger partial charge < -0.3 is 14.7 Å². The molecule has 1 aliphatic heterocycles. The Balaban J connectivity index is 2.40. The van der Waals surface area contributed by atoms with E-state index in [0.29, 0.717) is 11.3 Å². The summed E-state index contributed by atoms with van der Waals surface area (Å²) in [6.45, 7) is 4.19. The number of thioether (sulfide) groups is 1. The zero-order valence-corrected chi connectivity index (χ0v) is 15.7. The standard InChI is InChI=1S/C17H22N2O6S/c1-10(2)26-15-5-4-11(19(23)24)7-14(15)17(22)18-9-13(25-3)6-12(18)8-16(20)21/h4-5,7,10,12-13H,6,8-9H2,1-3H3,(H,20,21). The highest BCUT2D eigenvalue weighted by Crippen LogP contribution is 2.33. The molecule has 1 saturated heterocycles. The van der Waals surface area contributed by atoms with E-state index >= 15 is 0 Å². The molecule has 0 radical (unpaired) electrons. The topological polar surface area (TPSA) is 110 Å². The van der Waals surface area contributed by atoms with Crippen LogP contribution < -0.4 is 0 Å². The minimum atomic E-state index is -1.000. The second kappa shape index (κ2) is 8.50. The molecule has 9 heteroatoms. The largest absolute Gasteiger partial charge is 0.481 e. The molecule has 0 bridgehead atoms. The van der Waals surface area contributed by atoms with Crippen molar-refractivity contribution in [1.29, 1.82) is 0 Å². The molecule has 26 heavy (non-hydrogen) atoms. The number of carboxylic acid groups (broad SMARTS) is 1. The van der Waals surface area contributed by atoms with E-state index in [2.05, 4.69) is 0 Å². The number of benzene rings is 1. The van der Waals surface area contributed by atoms with Gasteiger partial charge in [-0.3, -0.25) is 19.7 Å². The van der Waals surface area contributed by atoms with E-state index < -0.39 is 22.8 Å². The van der Waals surface area contributed by atoms with Crippen LogP contribution in [0.2, 0.25) is 0 Å². The first kappa shape index (κ1) is 20.2. The zero-order valence-electron chi connectivity index (χ0n) is 14.9. The number of carbonyl (C=O) groups is 2. The Morgan fingerprint density at radius 1 is 1.46 bits per heavy atom. The average molecular weight is 382 g/mol. The van der Waals surface area contributed by atoms with Crippen molar-refractivity contribution < 1.29 is 24.4 Å². The van der Waals surface area contributed by atoms with Gasteiger partial charge in [-0.15, -0.1) is 11.8 Å². The average Bonchev–Trinajstić information content (AvgIpc) is 2.96. The molecule has 1 aliphatic rings. The van der Waals surface area contributed by atoms with Crippen LogP contribution in [-0.2, 0) is 9.53 Å². The zero-order chi connectivity index (χ0) is 19.4. The van der Waals surface area contributed by atoms with Crippen LogP contribution in [-0.4, -0.2) is 57.9 Å². The number of likely N-dealkylation sites (tertiary alicyclic amines) is 1. The second-order valence-corrected chi connectivity index (χ2v) is 8.03. The van der Waals surface area contributed by atoms with Crippen molar-refractivity contribution in [2.45, 2.75) is 49.0 Å². The van der Waals surface area contributed by atoms with Gasteiger partial charge in [-0.2, -0.15) is 0 Å². The number of nitro groups is 1. The maximum Gasteiger partial charge on any atom is 0.305 e. The Hall–Kier alpha value is -2.13. The minimum Gasteiger partial charge on any atom is -0.481 e. The van der Waals surface area contributed by atoms with Gasteiger partial charge in [0.25, 0.3) is 11.6 Å². The molecule has 1 aromatic carbocycles. The van der Waals surface area contributed by atoms with E-state index in [1.165, 1.54) is 35.9 Å². The lowest BCUT2D eigenvalue weighted by Crippen LogP contribution is -2.37. The van der Waals surface area contributed by atoms with Gasteiger partial charge in [0.15, 0.2) is 0 Å². The molecule has 2 unspecified atom stereocenters. The predicted molar refractivity (Wildman–Crippen MR) is 96.6 cm³/mol. The number of ether oxygens (including phenoxy) is 1. The van der Waals surface area contributed by atoms with Crippen LogP contribution in [0.25, 0.3) is 0 Å². The Bertz CT molecular complexity index is 708. The molecule has 2 rings (SSSR count). The predicted octanol–water partition coefficient (Wildman–Crippen LogP) is 2.80. The minimum absolute atomic E-state index is 0.168. The summed E-state index contributed by atoms with van der Waals surface area (Å²) in [6.07, 6.45) is -0.00765. The molecular formula is C17H22N2O6S. The highest BCUT2D eigenvalue weighted by Gasteiger charge is 2.38. The Morgan fingerprint density at radius 3 is 2.69 bits per heavy atom. The smallest absolute Gasteiger partial charge is 0.305 e. The number of hydrogen-bond acceptors (Lipinski definition) is 6. The van der Waals surface area contributed by atoms with Gasteiger partial charge in [-0.25, -0.2) is 0 Å². The lowest BCUT2D eigenvalue weighted by molar-refractivity contribution is -0.384. The van der Waals surface area contributed by atoms with Crippen molar-refractivity contribution in [3.8, 4) is 0 Å². The third-order valence-corrected chi connectivity index (χ3v) is 5.23. The summed E-state index contributed by atoms with van der Waals surface area (Å²) in [7, 11) is 1.52. The van der Waals surface area contributed by atoms with Crippen molar-refractivity contribution >= 4 is 29.3 Å². The Morgan fingerprint density at radius 2 is 2.15 bits per heavy atom. The van der Waals surface area contributed by atoms with E-state index in [-0.39, 0.29) is 35.6 Å². The molecule has 2 atom stereocenters. The van der Waals surface area contributed by atoms with Gasteiger partial charge in [0, 0.05) is 42.0 Å². The van der Waals surface area contributed by atoms with Gasteiger partial charge in [-0.1, -0.05) is 13.8 Å². The highest BCUT2D eigenvalue weighted by atomic mass is 32.2. The van der Waals surface area contributed by atoms with E-state index in [4.69, 9.17) is 9.84 Å². The molecule has 1 N–H and O–H groups in total. The van der Waals surface area contributed by atoms with E-state index in [0.717, 1.165) is 0 Å². The third kappa shape index (κ3) is 4.73. The summed E-state index contributed by atoms with van der Waals surface area (Å²) in [5.41, 5.74) is 0.0590. The summed E-state index contributed by atoms with van der Waals surface area (Å²) >= 11 is 1.44. The lowest BCUT2D eigenvalue weighted by atomic mass is 10.1. The summed E-state index contributed by atoms with van der Waals surface area (Å²) in [6, 6.07) is 3.72. The molecule has 1 aromatic rings. The van der Waals surface area contributed by atoms with Crippen molar-refractivity contribution in [1.82, 2.24) is 4.90 Å². The first-order valence-corrected chi connectivity index (χ1v) is 9.11. The van der Waals surface area contributed by atoms with Gasteiger partial charge >= 0.3 is 5.97 Å². The van der Waals surface area contributed by atoms with Crippen LogP contribution in [0.3, 0.4) is 0 Å². The number of carboxylic acids is 1. The molecule has 0 aromatic heterocycles. The van der Waals surface area contributed by atoms with E-state index in [1.807, 2.05) is 13.8 Å². The number of aliphatic carboxylic acids is 1. The number of hydrogen-bond donors (Lipinski definition) is 1. The van der Waals surface area contributed by atoms with Gasteiger partial charge in [0.2, 0.25) is 0 Å². The van der Waals surface area contributed by atoms with E-state index in [1.54, 1.807) is 6.07 Å². The molecule has 0 spiro atoms. The summed E-state index contributed by atoms with van der Waals surface area (Å²) in [5.74, 6) is -1.40. The van der Waals surface area contributed by atoms with Gasteiger partial charge in [0.05, 0.1) is 23.0 Å². The van der Waals surface area contributed by atoms with Gasteiger partial charge in [-0.05, 0) is 12.5 Å². The SMILES string of the molecule is COC1CC(CC(=O)O)N(C(=O)c2cc([N+](=O)[O-])ccc2SC(C)C)C1. The van der Waals surface area contributed by atoms with Crippen LogP contribution in [0.4, 0.5) is 5.69 Å². The maximum atomic E-state index is 13.1. The summed E-state index contributed by atoms with van der Waals surface area (Å²) in [5, 5.41) is 20.4. The van der Waals surface area contributed by atoms with Crippen LogP contribution in [0.15, 0.2) is 23.1 Å². The second-order valence-electron chi connectivity index (χ2n) is 6.41. The fraction of sp³-hybridized carbons (Fsp3) is 0.529. The first-order chi connectivity index (χ1) is 12.2. The molecule has 1 amide bonds. The van der Waals surface area contributed by atoms with Crippen molar-refractivity contribution in [2.75, 3.05) is 13.7 Å². The number of nitro benzene ring substituents is 1. The van der Waals surface area contributed by atoms with Crippen molar-refractivity contribution in [3.63, 3.8) is 0 Å². The third-order valence-electron chi connectivity index (χ3n) is 4.15. The van der Waals surface area contributed by atoms with Crippen LogP contribution in [0.1, 0.15) is 37.0 Å². The number of rotatable bonds is 7. The highest BCUT2D eigenvalue weighted by molar-refractivity contribution is 8.00. The molecule has 0 aliphatic carbocycles. The molecule has 1 fully saturated rings. The number of non-ortho nitro benzene ring substituents is 1. The number of amides is 1. The molecular weight excluding hydrogens is 360 g/mol. The summed E-state index contributed by atoms with van der Waals surface area (Å²) < 4.78 is 5.30. The fourth-order valence-electron chi connectivity index (χ4n) is 3.00. The summed E-state index contributed by atoms with van der Waals surface area (Å²) in [4.78, 5) is 36.9. The first-order valence-electron chi connectivity index (χ1n) is 8.23. The quantitative estimate of drug-likeness (QED) is 0.438. The van der Waals surface area contributed by atoms with Crippen LogP contribution in [0, 0.1) is 10.1 Å². The normalized spacial score (nSPS) is 19.8. The number of methoxy groups -OCH3 is 1. The van der Waals surface area contributed by atoms with E-state index in [9.17, 15) is 19.7 Å². The fourth-order valence-corrected chi connectivity index (χ4v) is 3.93. The molecule has 0 saturated carbocycles. The monoisotopic (exact) mass is 382 g/mol. The Labute approximate surface area is 155 Å². The molecule has 142 valence electrons. The van der Waals surface area contributed by atoms with Crippen molar-refractivity contribution in [2.24, 2.45) is 0 Å². The van der Waals surface area contributed by atoms with Crippen molar-refractivity contribution in [3.05, 3.63) is 33.9 Å². The number of carbonyl (C=O) groups excluding carboxylic acids is 1. The molecule has 1 heterocycles. The van der Waals surface area contributed by atoms with Gasteiger partial charge in [0.1, 0.15) is 0 Å². The lowest BCUT2D eigenvalue weighted by Gasteiger charge is -2.24. The Kier molecular flexibility index (Phi) is 6.60. The van der Waals surface area contributed by atoms with Crippen LogP contribution >= 0.6 is 11.8 Å².